The summed E-state index contributed by atoms with van der Waals surface area (Å²) in [6, 6.07) is 7.14. The average Bonchev–Trinajstić information content (AvgIpc) is 2.44. The minimum Gasteiger partial charge on any atom is -0.467 e. The molecule has 0 aliphatic rings. The number of halogens is 1. The van der Waals surface area contributed by atoms with E-state index < -0.39 is 11.5 Å². The van der Waals surface area contributed by atoms with Gasteiger partial charge in [0.2, 0.25) is 5.91 Å². The third-order valence-corrected chi connectivity index (χ3v) is 3.30. The number of benzene rings is 1. The van der Waals surface area contributed by atoms with Crippen LogP contribution >= 0.6 is 11.6 Å². The molecule has 1 amide bonds. The van der Waals surface area contributed by atoms with Gasteiger partial charge in [0.1, 0.15) is 5.54 Å². The first-order valence-electron chi connectivity index (χ1n) is 6.75. The minimum atomic E-state index is -1.01. The smallest absolute Gasteiger partial charge is 0.331 e. The summed E-state index contributed by atoms with van der Waals surface area (Å²) < 4.78 is 4.75. The number of hydrogen-bond acceptors (Lipinski definition) is 3. The summed E-state index contributed by atoms with van der Waals surface area (Å²) in [6.45, 7) is 3.60. The van der Waals surface area contributed by atoms with Crippen LogP contribution in [0.1, 0.15) is 32.3 Å². The van der Waals surface area contributed by atoms with Gasteiger partial charge in [0.15, 0.2) is 0 Å². The second kappa shape index (κ2) is 7.84. The second-order valence-electron chi connectivity index (χ2n) is 4.95. The summed E-state index contributed by atoms with van der Waals surface area (Å²) in [7, 11) is 1.31. The molecule has 0 fully saturated rings. The lowest BCUT2D eigenvalue weighted by Gasteiger charge is -2.26. The molecule has 1 atom stereocenters. The van der Waals surface area contributed by atoms with Crippen molar-refractivity contribution in [2.75, 3.05) is 7.11 Å². The third-order valence-electron chi connectivity index (χ3n) is 3.06. The maximum Gasteiger partial charge on any atom is 0.331 e. The Bertz CT molecular complexity index is 542. The quantitative estimate of drug-likeness (QED) is 0.648. The van der Waals surface area contributed by atoms with E-state index in [2.05, 4.69) is 5.32 Å². The Hall–Kier alpha value is -1.81. The molecule has 0 saturated heterocycles. The number of ether oxygens (including phenoxy) is 1. The van der Waals surface area contributed by atoms with Crippen molar-refractivity contribution in [3.8, 4) is 0 Å². The zero-order valence-corrected chi connectivity index (χ0v) is 13.2. The molecule has 1 rings (SSSR count). The largest absolute Gasteiger partial charge is 0.467 e. The van der Waals surface area contributed by atoms with Gasteiger partial charge >= 0.3 is 5.97 Å². The standard InChI is InChI=1S/C16H20ClNO3/c1-4-10-16(2,15(20)21-3)18-14(19)9-8-12-6-5-7-13(17)11-12/h5-9,11H,4,10H2,1-3H3,(H,18,19)/b9-8+. The normalized spacial score (nSPS) is 13.7. The highest BCUT2D eigenvalue weighted by Crippen LogP contribution is 2.15. The highest BCUT2D eigenvalue weighted by molar-refractivity contribution is 6.30. The molecule has 114 valence electrons. The molecule has 0 bridgehead atoms. The van der Waals surface area contributed by atoms with Crippen molar-refractivity contribution in [2.24, 2.45) is 0 Å². The maximum absolute atomic E-state index is 12.0. The van der Waals surface area contributed by atoms with Gasteiger partial charge in [-0.05, 0) is 37.1 Å². The van der Waals surface area contributed by atoms with Crippen LogP contribution in [0.3, 0.4) is 0 Å². The number of rotatable bonds is 6. The predicted octanol–water partition coefficient (Wildman–Crippen LogP) is 3.20. The van der Waals surface area contributed by atoms with Crippen LogP contribution in [-0.2, 0) is 14.3 Å². The second-order valence-corrected chi connectivity index (χ2v) is 5.39. The van der Waals surface area contributed by atoms with Crippen LogP contribution in [0.15, 0.2) is 30.3 Å². The highest BCUT2D eigenvalue weighted by atomic mass is 35.5. The van der Waals surface area contributed by atoms with E-state index in [9.17, 15) is 9.59 Å². The molecule has 0 saturated carbocycles. The number of esters is 1. The van der Waals surface area contributed by atoms with E-state index in [1.807, 2.05) is 13.0 Å². The van der Waals surface area contributed by atoms with Crippen LogP contribution < -0.4 is 5.32 Å². The topological polar surface area (TPSA) is 55.4 Å². The monoisotopic (exact) mass is 309 g/mol. The molecule has 0 spiro atoms. The van der Waals surface area contributed by atoms with Crippen molar-refractivity contribution in [1.29, 1.82) is 0 Å². The fourth-order valence-corrected chi connectivity index (χ4v) is 2.24. The SMILES string of the molecule is CCCC(C)(NC(=O)/C=C/c1cccc(Cl)c1)C(=O)OC. The Morgan fingerprint density at radius 1 is 1.43 bits per heavy atom. The summed E-state index contributed by atoms with van der Waals surface area (Å²) in [6.07, 6.45) is 4.29. The number of nitrogens with one attached hydrogen (secondary N) is 1. The fourth-order valence-electron chi connectivity index (χ4n) is 2.04. The van der Waals surface area contributed by atoms with Crippen LogP contribution in [-0.4, -0.2) is 24.5 Å². The van der Waals surface area contributed by atoms with Gasteiger partial charge in [-0.2, -0.15) is 0 Å². The first kappa shape index (κ1) is 17.2. The van der Waals surface area contributed by atoms with E-state index in [-0.39, 0.29) is 5.91 Å². The van der Waals surface area contributed by atoms with Crippen molar-refractivity contribution in [3.63, 3.8) is 0 Å². The van der Waals surface area contributed by atoms with Gasteiger partial charge in [-0.1, -0.05) is 37.1 Å². The number of carbonyl (C=O) groups is 2. The zero-order chi connectivity index (χ0) is 15.9. The molecule has 1 unspecified atom stereocenters. The fraction of sp³-hybridized carbons (Fsp3) is 0.375. The number of methoxy groups -OCH3 is 1. The number of carbonyl (C=O) groups excluding carboxylic acids is 2. The van der Waals surface area contributed by atoms with Crippen LogP contribution in [0.5, 0.6) is 0 Å². The van der Waals surface area contributed by atoms with Crippen molar-refractivity contribution < 1.29 is 14.3 Å². The molecule has 21 heavy (non-hydrogen) atoms. The molecule has 1 aromatic carbocycles. The maximum atomic E-state index is 12.0. The number of hydrogen-bond donors (Lipinski definition) is 1. The van der Waals surface area contributed by atoms with E-state index >= 15 is 0 Å². The van der Waals surface area contributed by atoms with E-state index in [4.69, 9.17) is 16.3 Å². The third kappa shape index (κ3) is 5.23. The first-order valence-corrected chi connectivity index (χ1v) is 7.13. The summed E-state index contributed by atoms with van der Waals surface area (Å²) in [5.41, 5.74) is -0.202. The van der Waals surface area contributed by atoms with Crippen LogP contribution in [0.2, 0.25) is 5.02 Å². The summed E-state index contributed by atoms with van der Waals surface area (Å²) in [5.74, 6) is -0.801. The van der Waals surface area contributed by atoms with Gasteiger partial charge in [-0.3, -0.25) is 4.79 Å². The molecule has 1 aromatic rings. The van der Waals surface area contributed by atoms with Gasteiger partial charge in [-0.15, -0.1) is 0 Å². The van der Waals surface area contributed by atoms with Crippen molar-refractivity contribution >= 4 is 29.6 Å². The van der Waals surface area contributed by atoms with Crippen molar-refractivity contribution in [3.05, 3.63) is 40.9 Å². The van der Waals surface area contributed by atoms with E-state index in [1.54, 1.807) is 31.2 Å². The van der Waals surface area contributed by atoms with Gasteiger partial charge in [-0.25, -0.2) is 4.79 Å². The van der Waals surface area contributed by atoms with E-state index in [1.165, 1.54) is 13.2 Å². The zero-order valence-electron chi connectivity index (χ0n) is 12.5. The van der Waals surface area contributed by atoms with Crippen LogP contribution in [0, 0.1) is 0 Å². The summed E-state index contributed by atoms with van der Waals surface area (Å²) >= 11 is 5.87. The molecular formula is C16H20ClNO3. The molecule has 0 aromatic heterocycles. The van der Waals surface area contributed by atoms with Crippen molar-refractivity contribution in [2.45, 2.75) is 32.2 Å². The van der Waals surface area contributed by atoms with Gasteiger partial charge in [0.05, 0.1) is 7.11 Å². The predicted molar refractivity (Wildman–Crippen MR) is 84.0 cm³/mol. The van der Waals surface area contributed by atoms with Gasteiger partial charge in [0.25, 0.3) is 0 Å². The van der Waals surface area contributed by atoms with Crippen LogP contribution in [0.25, 0.3) is 6.08 Å². The molecular weight excluding hydrogens is 290 g/mol. The first-order chi connectivity index (χ1) is 9.91. The molecule has 0 heterocycles. The van der Waals surface area contributed by atoms with Gasteiger partial charge < -0.3 is 10.1 Å². The molecule has 4 nitrogen and oxygen atoms in total. The van der Waals surface area contributed by atoms with E-state index in [0.717, 1.165) is 12.0 Å². The summed E-state index contributed by atoms with van der Waals surface area (Å²) in [5, 5.41) is 3.30. The number of amides is 1. The minimum absolute atomic E-state index is 0.351. The lowest BCUT2D eigenvalue weighted by molar-refractivity contribution is -0.150. The molecule has 5 heteroatoms. The Morgan fingerprint density at radius 2 is 2.14 bits per heavy atom. The Morgan fingerprint density at radius 3 is 2.71 bits per heavy atom. The van der Waals surface area contributed by atoms with Crippen LogP contribution in [0.4, 0.5) is 0 Å². The molecule has 0 aliphatic heterocycles. The Balaban J connectivity index is 2.76. The molecule has 1 N–H and O–H groups in total. The van der Waals surface area contributed by atoms with Gasteiger partial charge in [0, 0.05) is 11.1 Å². The highest BCUT2D eigenvalue weighted by Gasteiger charge is 2.34. The Kier molecular flexibility index (Phi) is 6.43. The lowest BCUT2D eigenvalue weighted by Crippen LogP contribution is -2.52. The Labute approximate surface area is 130 Å². The molecule has 0 radical (unpaired) electrons. The molecule has 0 aliphatic carbocycles. The summed E-state index contributed by atoms with van der Waals surface area (Å²) in [4.78, 5) is 23.8. The van der Waals surface area contributed by atoms with Crippen molar-refractivity contribution in [1.82, 2.24) is 5.32 Å². The van der Waals surface area contributed by atoms with E-state index in [0.29, 0.717) is 11.4 Å². The lowest BCUT2D eigenvalue weighted by atomic mass is 9.96. The average molecular weight is 310 g/mol.